The van der Waals surface area contributed by atoms with E-state index in [2.05, 4.69) is 17.3 Å². The summed E-state index contributed by atoms with van der Waals surface area (Å²) in [5, 5.41) is 3.03. The molecule has 2 fully saturated rings. The van der Waals surface area contributed by atoms with Crippen LogP contribution in [0.3, 0.4) is 0 Å². The number of likely N-dealkylation sites (tertiary alicyclic amines) is 1. The Kier molecular flexibility index (Phi) is 3.06. The summed E-state index contributed by atoms with van der Waals surface area (Å²) >= 11 is 0. The van der Waals surface area contributed by atoms with Gasteiger partial charge >= 0.3 is 0 Å². The Morgan fingerprint density at radius 3 is 2.79 bits per heavy atom. The molecule has 2 rings (SSSR count). The summed E-state index contributed by atoms with van der Waals surface area (Å²) < 4.78 is 0. The Balaban J connectivity index is 1.59. The van der Waals surface area contributed by atoms with Crippen LogP contribution >= 0.6 is 0 Å². The molecule has 1 atom stereocenters. The summed E-state index contributed by atoms with van der Waals surface area (Å²) in [6, 6.07) is 0.703. The highest BCUT2D eigenvalue weighted by Gasteiger charge is 2.29. The largest absolute Gasteiger partial charge is 0.356 e. The van der Waals surface area contributed by atoms with Crippen molar-refractivity contribution in [3.8, 4) is 0 Å². The highest BCUT2D eigenvalue weighted by Crippen LogP contribution is 2.28. The number of amides is 1. The van der Waals surface area contributed by atoms with Gasteiger partial charge in [-0.2, -0.15) is 0 Å². The Labute approximate surface area is 85.8 Å². The quantitative estimate of drug-likeness (QED) is 0.727. The number of hydrogen-bond acceptors (Lipinski definition) is 2. The fourth-order valence-electron chi connectivity index (χ4n) is 2.20. The molecule has 1 saturated carbocycles. The molecule has 0 aromatic rings. The highest BCUT2D eigenvalue weighted by molar-refractivity contribution is 5.80. The molecule has 0 aromatic heterocycles. The maximum Gasteiger partial charge on any atom is 0.223 e. The molecule has 1 aliphatic heterocycles. The lowest BCUT2D eigenvalue weighted by atomic mass is 10.1. The van der Waals surface area contributed by atoms with E-state index in [1.807, 2.05) is 0 Å². The SMILES string of the molecule is CN1CCCC1CCNC(=O)C1CC1. The Morgan fingerprint density at radius 1 is 1.43 bits per heavy atom. The van der Waals surface area contributed by atoms with Gasteiger partial charge in [0.2, 0.25) is 5.91 Å². The summed E-state index contributed by atoms with van der Waals surface area (Å²) in [5.74, 6) is 0.641. The molecule has 0 spiro atoms. The average molecular weight is 196 g/mol. The average Bonchev–Trinajstić information content (AvgIpc) is 2.93. The Bertz CT molecular complexity index is 213. The topological polar surface area (TPSA) is 32.3 Å². The van der Waals surface area contributed by atoms with Gasteiger partial charge < -0.3 is 10.2 Å². The van der Waals surface area contributed by atoms with E-state index in [4.69, 9.17) is 0 Å². The number of hydrogen-bond donors (Lipinski definition) is 1. The van der Waals surface area contributed by atoms with Gasteiger partial charge in [-0.3, -0.25) is 4.79 Å². The van der Waals surface area contributed by atoms with Gasteiger partial charge in [0.15, 0.2) is 0 Å². The second-order valence-electron chi connectivity index (χ2n) is 4.63. The van der Waals surface area contributed by atoms with E-state index in [0.29, 0.717) is 12.0 Å². The van der Waals surface area contributed by atoms with Crippen LogP contribution in [-0.2, 0) is 4.79 Å². The van der Waals surface area contributed by atoms with Gasteiger partial charge in [0.25, 0.3) is 0 Å². The maximum atomic E-state index is 11.3. The highest BCUT2D eigenvalue weighted by atomic mass is 16.2. The van der Waals surface area contributed by atoms with Crippen LogP contribution in [0.5, 0.6) is 0 Å². The smallest absolute Gasteiger partial charge is 0.223 e. The van der Waals surface area contributed by atoms with Crippen LogP contribution in [0.2, 0.25) is 0 Å². The molecule has 1 N–H and O–H groups in total. The van der Waals surface area contributed by atoms with Gasteiger partial charge in [-0.25, -0.2) is 0 Å². The first-order valence-electron chi connectivity index (χ1n) is 5.75. The predicted molar refractivity (Wildman–Crippen MR) is 56.0 cm³/mol. The zero-order chi connectivity index (χ0) is 9.97. The molecular formula is C11H20N2O. The van der Waals surface area contributed by atoms with E-state index >= 15 is 0 Å². The van der Waals surface area contributed by atoms with Crippen LogP contribution in [0.25, 0.3) is 0 Å². The molecule has 0 bridgehead atoms. The molecule has 1 amide bonds. The summed E-state index contributed by atoms with van der Waals surface area (Å²) in [5.41, 5.74) is 0. The lowest BCUT2D eigenvalue weighted by Gasteiger charge is -2.19. The van der Waals surface area contributed by atoms with Crippen molar-refractivity contribution in [1.82, 2.24) is 10.2 Å². The monoisotopic (exact) mass is 196 g/mol. The van der Waals surface area contributed by atoms with Gasteiger partial charge in [-0.15, -0.1) is 0 Å². The van der Waals surface area contributed by atoms with E-state index in [9.17, 15) is 4.79 Å². The van der Waals surface area contributed by atoms with E-state index in [0.717, 1.165) is 25.8 Å². The molecule has 14 heavy (non-hydrogen) atoms. The summed E-state index contributed by atoms with van der Waals surface area (Å²) in [7, 11) is 2.18. The van der Waals surface area contributed by atoms with Gasteiger partial charge in [0, 0.05) is 18.5 Å². The number of rotatable bonds is 4. The van der Waals surface area contributed by atoms with E-state index < -0.39 is 0 Å². The maximum absolute atomic E-state index is 11.3. The van der Waals surface area contributed by atoms with Crippen molar-refractivity contribution in [1.29, 1.82) is 0 Å². The van der Waals surface area contributed by atoms with Crippen molar-refractivity contribution < 1.29 is 4.79 Å². The van der Waals surface area contributed by atoms with Crippen molar-refractivity contribution in [2.24, 2.45) is 5.92 Å². The van der Waals surface area contributed by atoms with Crippen LogP contribution in [0, 0.1) is 5.92 Å². The molecule has 3 heteroatoms. The first kappa shape index (κ1) is 9.97. The standard InChI is InChI=1S/C11H20N2O/c1-13-8-2-3-10(13)6-7-12-11(14)9-4-5-9/h9-10H,2-8H2,1H3,(H,12,14). The van der Waals surface area contributed by atoms with E-state index in [-0.39, 0.29) is 5.91 Å². The normalized spacial score (nSPS) is 27.9. The van der Waals surface area contributed by atoms with Gasteiger partial charge in [0.05, 0.1) is 0 Å². The lowest BCUT2D eigenvalue weighted by Crippen LogP contribution is -2.32. The van der Waals surface area contributed by atoms with Crippen molar-refractivity contribution in [2.45, 2.75) is 38.1 Å². The molecule has 0 aromatic carbocycles. The van der Waals surface area contributed by atoms with Gasteiger partial charge in [-0.1, -0.05) is 0 Å². The van der Waals surface area contributed by atoms with Crippen LogP contribution in [-0.4, -0.2) is 37.0 Å². The van der Waals surface area contributed by atoms with Crippen molar-refractivity contribution in [3.63, 3.8) is 0 Å². The number of nitrogens with zero attached hydrogens (tertiary/aromatic N) is 1. The van der Waals surface area contributed by atoms with E-state index in [1.54, 1.807) is 0 Å². The summed E-state index contributed by atoms with van der Waals surface area (Å²) in [4.78, 5) is 13.7. The van der Waals surface area contributed by atoms with Crippen molar-refractivity contribution >= 4 is 5.91 Å². The first-order valence-corrected chi connectivity index (χ1v) is 5.75. The molecule has 1 aliphatic carbocycles. The zero-order valence-corrected chi connectivity index (χ0v) is 8.96. The fourth-order valence-corrected chi connectivity index (χ4v) is 2.20. The molecule has 80 valence electrons. The van der Waals surface area contributed by atoms with Crippen LogP contribution in [0.1, 0.15) is 32.1 Å². The Hall–Kier alpha value is -0.570. The first-order chi connectivity index (χ1) is 6.77. The van der Waals surface area contributed by atoms with Crippen LogP contribution in [0.15, 0.2) is 0 Å². The summed E-state index contributed by atoms with van der Waals surface area (Å²) in [6.45, 7) is 2.09. The predicted octanol–water partition coefficient (Wildman–Crippen LogP) is 0.997. The molecular weight excluding hydrogens is 176 g/mol. The fraction of sp³-hybridized carbons (Fsp3) is 0.909. The molecule has 1 unspecified atom stereocenters. The Morgan fingerprint density at radius 2 is 2.21 bits per heavy atom. The van der Waals surface area contributed by atoms with Crippen molar-refractivity contribution in [3.05, 3.63) is 0 Å². The third-order valence-corrected chi connectivity index (χ3v) is 3.40. The number of carbonyl (C=O) groups is 1. The molecule has 0 radical (unpaired) electrons. The second kappa shape index (κ2) is 4.30. The molecule has 2 aliphatic rings. The molecule has 3 nitrogen and oxygen atoms in total. The zero-order valence-electron chi connectivity index (χ0n) is 8.96. The summed E-state index contributed by atoms with van der Waals surface area (Å²) in [6.07, 6.45) is 5.95. The van der Waals surface area contributed by atoms with Gasteiger partial charge in [-0.05, 0) is 45.7 Å². The third-order valence-electron chi connectivity index (χ3n) is 3.40. The number of nitrogens with one attached hydrogen (secondary N) is 1. The minimum absolute atomic E-state index is 0.283. The second-order valence-corrected chi connectivity index (χ2v) is 4.63. The minimum Gasteiger partial charge on any atom is -0.356 e. The molecule has 1 heterocycles. The van der Waals surface area contributed by atoms with Gasteiger partial charge in [0.1, 0.15) is 0 Å². The van der Waals surface area contributed by atoms with Crippen LogP contribution < -0.4 is 5.32 Å². The van der Waals surface area contributed by atoms with Crippen LogP contribution in [0.4, 0.5) is 0 Å². The van der Waals surface area contributed by atoms with Crippen molar-refractivity contribution in [2.75, 3.05) is 20.1 Å². The third kappa shape index (κ3) is 2.47. The minimum atomic E-state index is 0.283. The number of carbonyl (C=O) groups excluding carboxylic acids is 1. The lowest BCUT2D eigenvalue weighted by molar-refractivity contribution is -0.122. The molecule has 1 saturated heterocycles. The van der Waals surface area contributed by atoms with E-state index in [1.165, 1.54) is 19.4 Å².